The Kier molecular flexibility index (Phi) is 3.88. The van der Waals surface area contributed by atoms with Gasteiger partial charge < -0.3 is 5.32 Å². The number of thiophene rings is 1. The standard InChI is InChI=1S/C14H20BrNS/c15-14-9-17-8-13(14)12-4-2-1-3-10(12)7-16-11-5-6-11/h8-12,16H,1-7H2. The molecule has 1 aromatic rings. The number of hydrogen-bond donors (Lipinski definition) is 1. The predicted octanol–water partition coefficient (Wildman–Crippen LogP) is 4.54. The number of nitrogens with one attached hydrogen (secondary N) is 1. The van der Waals surface area contributed by atoms with Crippen LogP contribution in [0.15, 0.2) is 15.2 Å². The first-order valence-electron chi connectivity index (χ1n) is 6.79. The van der Waals surface area contributed by atoms with E-state index in [2.05, 4.69) is 32.0 Å². The van der Waals surface area contributed by atoms with Crippen molar-refractivity contribution in [2.45, 2.75) is 50.5 Å². The molecule has 2 atom stereocenters. The van der Waals surface area contributed by atoms with Crippen LogP contribution < -0.4 is 5.32 Å². The molecule has 1 nitrogen and oxygen atoms in total. The fraction of sp³-hybridized carbons (Fsp3) is 0.714. The second kappa shape index (κ2) is 5.41. The molecule has 0 amide bonds. The second-order valence-electron chi connectivity index (χ2n) is 5.51. The van der Waals surface area contributed by atoms with Crippen molar-refractivity contribution in [2.75, 3.05) is 6.54 Å². The highest BCUT2D eigenvalue weighted by molar-refractivity contribution is 9.10. The van der Waals surface area contributed by atoms with Crippen molar-refractivity contribution in [3.05, 3.63) is 20.8 Å². The van der Waals surface area contributed by atoms with Gasteiger partial charge in [-0.15, -0.1) is 0 Å². The maximum atomic E-state index is 3.73. The van der Waals surface area contributed by atoms with E-state index in [9.17, 15) is 0 Å². The van der Waals surface area contributed by atoms with Gasteiger partial charge in [0.2, 0.25) is 0 Å². The largest absolute Gasteiger partial charge is 0.314 e. The van der Waals surface area contributed by atoms with Crippen LogP contribution in [0.5, 0.6) is 0 Å². The smallest absolute Gasteiger partial charge is 0.0317 e. The van der Waals surface area contributed by atoms with Crippen molar-refractivity contribution in [3.8, 4) is 0 Å². The monoisotopic (exact) mass is 313 g/mol. The van der Waals surface area contributed by atoms with Crippen molar-refractivity contribution in [1.82, 2.24) is 5.32 Å². The minimum Gasteiger partial charge on any atom is -0.314 e. The van der Waals surface area contributed by atoms with Gasteiger partial charge in [0.25, 0.3) is 0 Å². The Bertz CT molecular complexity index is 372. The fourth-order valence-corrected chi connectivity index (χ4v) is 4.68. The van der Waals surface area contributed by atoms with Crippen LogP contribution in [-0.4, -0.2) is 12.6 Å². The van der Waals surface area contributed by atoms with Crippen LogP contribution in [0.3, 0.4) is 0 Å². The third-order valence-corrected chi connectivity index (χ3v) is 5.95. The molecule has 2 aliphatic rings. The van der Waals surface area contributed by atoms with Crippen LogP contribution in [0.4, 0.5) is 0 Å². The van der Waals surface area contributed by atoms with Crippen LogP contribution in [-0.2, 0) is 0 Å². The maximum absolute atomic E-state index is 3.73. The zero-order chi connectivity index (χ0) is 11.7. The van der Waals surface area contributed by atoms with Gasteiger partial charge in [-0.05, 0) is 70.9 Å². The van der Waals surface area contributed by atoms with Crippen molar-refractivity contribution in [1.29, 1.82) is 0 Å². The average molecular weight is 314 g/mol. The first-order chi connectivity index (χ1) is 8.34. The van der Waals surface area contributed by atoms with E-state index in [1.165, 1.54) is 49.5 Å². The molecule has 0 aliphatic heterocycles. The third kappa shape index (κ3) is 2.94. The summed E-state index contributed by atoms with van der Waals surface area (Å²) >= 11 is 5.54. The molecule has 0 saturated heterocycles. The van der Waals surface area contributed by atoms with Crippen LogP contribution >= 0.6 is 27.3 Å². The molecule has 1 N–H and O–H groups in total. The molecular formula is C14H20BrNS. The molecule has 0 bridgehead atoms. The number of rotatable bonds is 4. The third-order valence-electron chi connectivity index (χ3n) is 4.20. The summed E-state index contributed by atoms with van der Waals surface area (Å²) in [7, 11) is 0. The van der Waals surface area contributed by atoms with Crippen LogP contribution in [0.1, 0.15) is 50.0 Å². The predicted molar refractivity (Wildman–Crippen MR) is 77.7 cm³/mol. The van der Waals surface area contributed by atoms with E-state index in [4.69, 9.17) is 0 Å². The summed E-state index contributed by atoms with van der Waals surface area (Å²) in [6.07, 6.45) is 8.43. The van der Waals surface area contributed by atoms with Gasteiger partial charge in [0, 0.05) is 15.9 Å². The summed E-state index contributed by atoms with van der Waals surface area (Å²) in [6, 6.07) is 0.850. The highest BCUT2D eigenvalue weighted by Crippen LogP contribution is 2.41. The molecule has 2 unspecified atom stereocenters. The van der Waals surface area contributed by atoms with Crippen LogP contribution in [0.2, 0.25) is 0 Å². The Labute approximate surface area is 116 Å². The molecule has 0 spiro atoms. The second-order valence-corrected chi connectivity index (χ2v) is 7.11. The molecule has 2 aliphatic carbocycles. The highest BCUT2D eigenvalue weighted by Gasteiger charge is 2.30. The molecule has 2 saturated carbocycles. The van der Waals surface area contributed by atoms with E-state index < -0.39 is 0 Å². The first-order valence-corrected chi connectivity index (χ1v) is 8.53. The lowest BCUT2D eigenvalue weighted by molar-refractivity contribution is 0.295. The highest BCUT2D eigenvalue weighted by atomic mass is 79.9. The summed E-state index contributed by atoms with van der Waals surface area (Å²) in [6.45, 7) is 1.23. The Morgan fingerprint density at radius 1 is 1.18 bits per heavy atom. The van der Waals surface area contributed by atoms with E-state index in [0.29, 0.717) is 0 Å². The van der Waals surface area contributed by atoms with E-state index in [1.54, 1.807) is 5.56 Å². The minimum atomic E-state index is 0.788. The van der Waals surface area contributed by atoms with Crippen LogP contribution in [0, 0.1) is 5.92 Å². The van der Waals surface area contributed by atoms with E-state index in [0.717, 1.165) is 17.9 Å². The van der Waals surface area contributed by atoms with Gasteiger partial charge in [-0.1, -0.05) is 12.8 Å². The number of halogens is 1. The Morgan fingerprint density at radius 3 is 2.71 bits per heavy atom. The molecule has 3 heteroatoms. The van der Waals surface area contributed by atoms with Gasteiger partial charge in [0.1, 0.15) is 0 Å². The van der Waals surface area contributed by atoms with Gasteiger partial charge >= 0.3 is 0 Å². The lowest BCUT2D eigenvalue weighted by atomic mass is 9.76. The minimum absolute atomic E-state index is 0.788. The Hall–Kier alpha value is 0.140. The number of hydrogen-bond acceptors (Lipinski definition) is 2. The molecule has 3 rings (SSSR count). The summed E-state index contributed by atoms with van der Waals surface area (Å²) in [5.74, 6) is 1.64. The van der Waals surface area contributed by atoms with E-state index >= 15 is 0 Å². The summed E-state index contributed by atoms with van der Waals surface area (Å²) in [5.41, 5.74) is 1.57. The molecule has 2 fully saturated rings. The molecular weight excluding hydrogens is 294 g/mol. The van der Waals surface area contributed by atoms with Gasteiger partial charge in [-0.25, -0.2) is 0 Å². The average Bonchev–Trinajstić information content (AvgIpc) is 3.09. The van der Waals surface area contributed by atoms with Gasteiger partial charge in [-0.3, -0.25) is 0 Å². The van der Waals surface area contributed by atoms with Crippen molar-refractivity contribution < 1.29 is 0 Å². The molecule has 17 heavy (non-hydrogen) atoms. The SMILES string of the molecule is Brc1cscc1C1CCCCC1CNC1CC1. The van der Waals surface area contributed by atoms with Gasteiger partial charge in [0.05, 0.1) is 0 Å². The van der Waals surface area contributed by atoms with Crippen molar-refractivity contribution in [2.24, 2.45) is 5.92 Å². The topological polar surface area (TPSA) is 12.0 Å². The van der Waals surface area contributed by atoms with Crippen molar-refractivity contribution in [3.63, 3.8) is 0 Å². The molecule has 0 radical (unpaired) electrons. The summed E-state index contributed by atoms with van der Waals surface area (Å²) in [4.78, 5) is 0. The maximum Gasteiger partial charge on any atom is 0.0317 e. The summed E-state index contributed by atoms with van der Waals surface area (Å²) < 4.78 is 1.34. The van der Waals surface area contributed by atoms with Crippen molar-refractivity contribution >= 4 is 27.3 Å². The molecule has 0 aromatic carbocycles. The zero-order valence-electron chi connectivity index (χ0n) is 10.1. The Balaban J connectivity index is 1.68. The quantitative estimate of drug-likeness (QED) is 0.860. The fourth-order valence-electron chi connectivity index (χ4n) is 3.02. The molecule has 94 valence electrons. The first kappa shape index (κ1) is 12.2. The summed E-state index contributed by atoms with van der Waals surface area (Å²) in [5, 5.41) is 8.31. The lowest BCUT2D eigenvalue weighted by Crippen LogP contribution is -2.30. The van der Waals surface area contributed by atoms with E-state index in [-0.39, 0.29) is 0 Å². The molecule has 1 aromatic heterocycles. The Morgan fingerprint density at radius 2 is 2.00 bits per heavy atom. The van der Waals surface area contributed by atoms with E-state index in [1.807, 2.05) is 11.3 Å². The van der Waals surface area contributed by atoms with Gasteiger partial charge in [0.15, 0.2) is 0 Å². The van der Waals surface area contributed by atoms with Gasteiger partial charge in [-0.2, -0.15) is 11.3 Å². The zero-order valence-corrected chi connectivity index (χ0v) is 12.5. The van der Waals surface area contributed by atoms with Crippen LogP contribution in [0.25, 0.3) is 0 Å². The lowest BCUT2D eigenvalue weighted by Gasteiger charge is -2.32. The normalized spacial score (nSPS) is 29.5. The molecule has 1 heterocycles.